The summed E-state index contributed by atoms with van der Waals surface area (Å²) < 4.78 is 87.0. The molecule has 8 saturated heterocycles. The number of aliphatic hydroxyl groups is 23. The Hall–Kier alpha value is -3.11. The van der Waals surface area contributed by atoms with Crippen LogP contribution in [0.25, 0.3) is 0 Å². The second kappa shape index (κ2) is 35.1. The van der Waals surface area contributed by atoms with E-state index in [0.717, 1.165) is 20.8 Å². The molecule has 0 radical (unpaired) electrons. The van der Waals surface area contributed by atoms with E-state index in [1.54, 1.807) is 0 Å². The average molecular weight is 1440 g/mol. The molecule has 8 aliphatic rings. The summed E-state index contributed by atoms with van der Waals surface area (Å²) in [6, 6.07) is -5.50. The van der Waals surface area contributed by atoms with Crippen LogP contribution in [0.5, 0.6) is 0 Å². The van der Waals surface area contributed by atoms with Gasteiger partial charge in [0.1, 0.15) is 195 Å². The van der Waals surface area contributed by atoms with Gasteiger partial charge in [0.25, 0.3) is 0 Å². The van der Waals surface area contributed by atoms with Crippen LogP contribution in [0.2, 0.25) is 0 Å². The van der Waals surface area contributed by atoms with Gasteiger partial charge in [-0.3, -0.25) is 14.4 Å². The van der Waals surface area contributed by atoms with Crippen molar-refractivity contribution >= 4 is 17.7 Å². The Morgan fingerprint density at radius 1 is 0.265 bits per heavy atom. The summed E-state index contributed by atoms with van der Waals surface area (Å²) in [7, 11) is 0. The highest BCUT2D eigenvalue weighted by Crippen LogP contribution is 2.39. The third kappa shape index (κ3) is 17.5. The van der Waals surface area contributed by atoms with Gasteiger partial charge in [-0.15, -0.1) is 0 Å². The number of hydrogen-bond donors (Lipinski definition) is 26. The van der Waals surface area contributed by atoms with Gasteiger partial charge in [0.2, 0.25) is 17.7 Å². The molecule has 98 heavy (non-hydrogen) atoms. The average Bonchev–Trinajstić information content (AvgIpc) is 0.770. The molecule has 0 bridgehead atoms. The molecule has 8 aliphatic heterocycles. The van der Waals surface area contributed by atoms with Gasteiger partial charge >= 0.3 is 0 Å². The summed E-state index contributed by atoms with van der Waals surface area (Å²) in [5, 5.41) is 257. The van der Waals surface area contributed by atoms with Crippen molar-refractivity contribution in [1.82, 2.24) is 16.0 Å². The number of nitrogens with one attached hydrogen (secondary N) is 3. The molecule has 8 rings (SSSR count). The number of ether oxygens (including phenoxy) is 15. The van der Waals surface area contributed by atoms with Crippen LogP contribution < -0.4 is 16.0 Å². The molecule has 8 fully saturated rings. The minimum Gasteiger partial charge on any atom is -0.394 e. The molecule has 1 unspecified atom stereocenters. The number of aliphatic hydroxyl groups excluding tert-OH is 23. The Bertz CT molecular complexity index is 2510. The lowest BCUT2D eigenvalue weighted by Gasteiger charge is -2.50. The van der Waals surface area contributed by atoms with Crippen molar-refractivity contribution in [1.29, 1.82) is 0 Å². The Balaban J connectivity index is 1.03. The zero-order chi connectivity index (χ0) is 72.2. The van der Waals surface area contributed by atoms with Crippen molar-refractivity contribution < 1.29 is 203 Å². The SMILES string of the molecule is CC(=O)N[C@H]1[C@H](O[C@H]2[C@@H](O)[C@@H](CO[C@@H]3O[C@H](CO)[C@@H](O[C@@H]4O[C@H](CO)[C@H](O)[C@H](O[C@@H]5O[C@H](CO)[C@@H](O)[C@H](O[C@@H]6O[C@H](CO)[C@H](O)[C@H](O)[C@H]6O)[C@H]5NC(C)=O)[C@H]4O)[C@H](O)[C@H]3NC(C)=O)O[C@@H](O[C@H]3[C@H](O)[C@@H](O)C(O)O[C@@H]3CO)[C@@H]2O)O[C@H](CO)[C@@H](O[C@@H]2O[C@H](CO)[C@H](O)[C@H](O)[C@H]2O)[C@@H]1O. The van der Waals surface area contributed by atoms with Gasteiger partial charge in [0, 0.05) is 20.8 Å². The first-order chi connectivity index (χ1) is 46.4. The predicted molar refractivity (Wildman–Crippen MR) is 299 cm³/mol. The highest BCUT2D eigenvalue weighted by atomic mass is 16.8. The number of carbonyl (C=O) groups is 3. The second-order valence-corrected chi connectivity index (χ2v) is 24.6. The highest BCUT2D eigenvalue weighted by Gasteiger charge is 2.60. The zero-order valence-corrected chi connectivity index (χ0v) is 52.4. The van der Waals surface area contributed by atoms with Crippen molar-refractivity contribution in [2.75, 3.05) is 52.9 Å². The lowest BCUT2D eigenvalue weighted by molar-refractivity contribution is -0.385. The maximum Gasteiger partial charge on any atom is 0.217 e. The first kappa shape index (κ1) is 80.6. The normalized spacial score (nSPS) is 49.5. The highest BCUT2D eigenvalue weighted by molar-refractivity contribution is 5.74. The van der Waals surface area contributed by atoms with Gasteiger partial charge in [0.05, 0.1) is 52.9 Å². The van der Waals surface area contributed by atoms with E-state index in [0.29, 0.717) is 0 Å². The molecule has 0 spiro atoms. The second-order valence-electron chi connectivity index (χ2n) is 24.6. The summed E-state index contributed by atoms with van der Waals surface area (Å²) in [6.45, 7) is -5.32. The quantitative estimate of drug-likeness (QED) is 0.0404. The molecule has 26 N–H and O–H groups in total. The van der Waals surface area contributed by atoms with E-state index < -0.39 is 316 Å². The molecule has 44 nitrogen and oxygen atoms in total. The molecule has 40 atom stereocenters. The van der Waals surface area contributed by atoms with Gasteiger partial charge in [-0.25, -0.2) is 0 Å². The summed E-state index contributed by atoms with van der Waals surface area (Å²) in [5.74, 6) is -2.70. The third-order valence-electron chi connectivity index (χ3n) is 17.8. The molecular weight excluding hydrogens is 1350 g/mol. The van der Waals surface area contributed by atoms with E-state index in [1.807, 2.05) is 0 Å². The molecule has 44 heteroatoms. The number of hydrogen-bond acceptors (Lipinski definition) is 41. The van der Waals surface area contributed by atoms with E-state index in [1.165, 1.54) is 0 Å². The standard InChI is InChI=1S/C54H91N3O41/c1-12(65)55-23-31(73)41(94-53-39(81)45(29(71)18(7-61)89-53)98-50-25(57-14(3)67)44(28(70)17(6-60)86-50)96-52-38(80)34(76)27(69)16(5-59)88-52)20(9-63)90-48(23)84-11-22-30(72)46(40(82)54(92-22)95-43-19(8-62)85-47(83)36(78)35(43)77)97-49-24(56-13(2)66)32(74)42(21(10-64)91-49)93-51-37(79)33(75)26(68)15(4-58)87-51/h15-54,58-64,68-83H,4-11H2,1-3H3,(H,55,65)(H,56,66)(H,57,67)/t15-,16-,17-,18-,19-,20-,21-,22-,23-,24-,25-,26+,27+,28-,29+,30+,31-,32-,33+,34+,35-,36-,37-,38-,39-,40-,41-,42-,43-,44-,45+,46+,47?,48-,49+,50+,51+,52+,53+,54+/m1/s1. The fourth-order valence-electron chi connectivity index (χ4n) is 12.6. The topological polar surface area (TPSA) is 691 Å². The number of amides is 3. The molecule has 0 aliphatic carbocycles. The van der Waals surface area contributed by atoms with Crippen LogP contribution in [0.15, 0.2) is 0 Å². The van der Waals surface area contributed by atoms with Crippen molar-refractivity contribution in [3.8, 4) is 0 Å². The third-order valence-corrected chi connectivity index (χ3v) is 17.8. The van der Waals surface area contributed by atoms with Gasteiger partial charge in [-0.1, -0.05) is 0 Å². The summed E-state index contributed by atoms with van der Waals surface area (Å²) in [5.41, 5.74) is 0. The number of rotatable bonds is 25. The lowest BCUT2D eigenvalue weighted by atomic mass is 9.94. The smallest absolute Gasteiger partial charge is 0.217 e. The van der Waals surface area contributed by atoms with Crippen LogP contribution in [0.4, 0.5) is 0 Å². The van der Waals surface area contributed by atoms with Crippen LogP contribution in [0.1, 0.15) is 20.8 Å². The Morgan fingerprint density at radius 2 is 0.551 bits per heavy atom. The maximum atomic E-state index is 12.9. The Labute approximate surface area is 554 Å². The fourth-order valence-corrected chi connectivity index (χ4v) is 12.6. The molecular formula is C54H91N3O41. The van der Waals surface area contributed by atoms with Crippen LogP contribution in [-0.2, 0) is 85.4 Å². The minimum atomic E-state index is -2.34. The van der Waals surface area contributed by atoms with E-state index in [9.17, 15) is 132 Å². The first-order valence-electron chi connectivity index (χ1n) is 31.1. The fraction of sp³-hybridized carbons (Fsp3) is 0.944. The summed E-state index contributed by atoms with van der Waals surface area (Å²) >= 11 is 0. The van der Waals surface area contributed by atoms with E-state index in [4.69, 9.17) is 71.1 Å². The summed E-state index contributed by atoms with van der Waals surface area (Å²) in [4.78, 5) is 38.4. The van der Waals surface area contributed by atoms with Gasteiger partial charge in [0.15, 0.2) is 50.3 Å². The molecule has 8 heterocycles. The van der Waals surface area contributed by atoms with Gasteiger partial charge < -0.3 is 204 Å². The van der Waals surface area contributed by atoms with E-state index in [2.05, 4.69) is 16.0 Å². The van der Waals surface area contributed by atoms with E-state index in [-0.39, 0.29) is 0 Å². The van der Waals surface area contributed by atoms with Crippen LogP contribution in [0.3, 0.4) is 0 Å². The largest absolute Gasteiger partial charge is 0.394 e. The molecule has 0 aromatic rings. The summed E-state index contributed by atoms with van der Waals surface area (Å²) in [6.07, 6.45) is -73.7. The first-order valence-corrected chi connectivity index (χ1v) is 31.1. The molecule has 0 saturated carbocycles. The molecule has 568 valence electrons. The minimum absolute atomic E-state index is 0.876. The predicted octanol–water partition coefficient (Wildman–Crippen LogP) is -18.0. The van der Waals surface area contributed by atoms with Crippen molar-refractivity contribution in [3.05, 3.63) is 0 Å². The molecule has 3 amide bonds. The number of carbonyl (C=O) groups excluding carboxylic acids is 3. The van der Waals surface area contributed by atoms with Crippen molar-refractivity contribution in [2.45, 2.75) is 266 Å². The Morgan fingerprint density at radius 3 is 0.969 bits per heavy atom. The molecule has 0 aromatic carbocycles. The Kier molecular flexibility index (Phi) is 28.9. The van der Waals surface area contributed by atoms with E-state index >= 15 is 0 Å². The van der Waals surface area contributed by atoms with Crippen molar-refractivity contribution in [2.24, 2.45) is 0 Å². The molecule has 0 aromatic heterocycles. The van der Waals surface area contributed by atoms with Crippen molar-refractivity contribution in [3.63, 3.8) is 0 Å². The van der Waals surface area contributed by atoms with Crippen LogP contribution in [0, 0.1) is 0 Å². The lowest BCUT2D eigenvalue weighted by Crippen LogP contribution is -2.70. The zero-order valence-electron chi connectivity index (χ0n) is 52.4. The monoisotopic (exact) mass is 1440 g/mol. The van der Waals surface area contributed by atoms with Gasteiger partial charge in [-0.05, 0) is 0 Å². The van der Waals surface area contributed by atoms with Crippen LogP contribution in [-0.4, -0.2) is 433 Å². The van der Waals surface area contributed by atoms with Gasteiger partial charge in [-0.2, -0.15) is 0 Å². The maximum absolute atomic E-state index is 12.9. The van der Waals surface area contributed by atoms with Crippen LogP contribution >= 0.6 is 0 Å².